The maximum Gasteiger partial charge on any atom is 0.277 e. The molecule has 0 unspecified atom stereocenters. The Hall–Kier alpha value is -3.62. The van der Waals surface area contributed by atoms with Crippen LogP contribution in [-0.2, 0) is 26.1 Å². The molecule has 0 spiro atoms. The van der Waals surface area contributed by atoms with Crippen molar-refractivity contribution in [1.29, 1.82) is 0 Å². The molecule has 33 heavy (non-hydrogen) atoms. The summed E-state index contributed by atoms with van der Waals surface area (Å²) in [6, 6.07) is 18.5. The Labute approximate surface area is 196 Å². The number of amides is 1. The molecule has 0 aliphatic carbocycles. The van der Waals surface area contributed by atoms with Gasteiger partial charge in [0.25, 0.3) is 5.91 Å². The van der Waals surface area contributed by atoms with Gasteiger partial charge in [-0.1, -0.05) is 42.5 Å². The number of hydrogen-bond acceptors (Lipinski definition) is 7. The molecule has 0 radical (unpaired) electrons. The quantitative estimate of drug-likeness (QED) is 0.445. The summed E-state index contributed by atoms with van der Waals surface area (Å²) in [5.41, 5.74) is 3.74. The molecule has 2 aromatic carbocycles. The predicted octanol–water partition coefficient (Wildman–Crippen LogP) is 4.32. The summed E-state index contributed by atoms with van der Waals surface area (Å²) in [6.07, 6.45) is 5.36. The number of benzene rings is 2. The number of carbonyl (C=O) groups is 1. The highest BCUT2D eigenvalue weighted by Gasteiger charge is 2.22. The smallest absolute Gasteiger partial charge is 0.277 e. The third-order valence-electron chi connectivity index (χ3n) is 5.40. The highest BCUT2D eigenvalue weighted by molar-refractivity contribution is 7.15. The fourth-order valence-corrected chi connectivity index (χ4v) is 4.75. The number of ether oxygens (including phenoxy) is 1. The van der Waals surface area contributed by atoms with Crippen molar-refractivity contribution in [2.45, 2.75) is 26.1 Å². The summed E-state index contributed by atoms with van der Waals surface area (Å²) < 4.78 is 5.89. The first-order valence-electron chi connectivity index (χ1n) is 10.8. The molecular weight excluding hydrogens is 434 g/mol. The number of fused-ring (bicyclic) bond motifs is 1. The van der Waals surface area contributed by atoms with Gasteiger partial charge in [-0.3, -0.25) is 20.0 Å². The van der Waals surface area contributed by atoms with Gasteiger partial charge in [0.1, 0.15) is 18.1 Å². The average molecular weight is 458 g/mol. The molecule has 1 aliphatic rings. The van der Waals surface area contributed by atoms with Gasteiger partial charge >= 0.3 is 0 Å². The van der Waals surface area contributed by atoms with Gasteiger partial charge in [0.15, 0.2) is 5.13 Å². The maximum absolute atomic E-state index is 12.3. The van der Waals surface area contributed by atoms with Gasteiger partial charge in [-0.05, 0) is 23.3 Å². The van der Waals surface area contributed by atoms with Crippen LogP contribution in [0.1, 0.15) is 32.2 Å². The molecule has 7 nitrogen and oxygen atoms in total. The first-order chi connectivity index (χ1) is 16.2. The monoisotopic (exact) mass is 457 g/mol. The van der Waals surface area contributed by atoms with E-state index in [2.05, 4.69) is 49.4 Å². The summed E-state index contributed by atoms with van der Waals surface area (Å²) in [4.78, 5) is 28.5. The molecule has 0 fully saturated rings. The first-order valence-corrected chi connectivity index (χ1v) is 11.6. The molecule has 4 aromatic rings. The minimum absolute atomic E-state index is 0.281. The second-order valence-corrected chi connectivity index (χ2v) is 8.90. The van der Waals surface area contributed by atoms with Crippen LogP contribution < -0.4 is 10.1 Å². The minimum atomic E-state index is -0.291. The zero-order valence-electron chi connectivity index (χ0n) is 18.0. The van der Waals surface area contributed by atoms with E-state index in [0.717, 1.165) is 43.1 Å². The van der Waals surface area contributed by atoms with Crippen LogP contribution in [0.3, 0.4) is 0 Å². The third-order valence-corrected chi connectivity index (χ3v) is 6.40. The zero-order chi connectivity index (χ0) is 22.5. The third kappa shape index (κ3) is 5.42. The number of anilines is 1. The van der Waals surface area contributed by atoms with E-state index >= 15 is 0 Å². The van der Waals surface area contributed by atoms with E-state index in [1.54, 1.807) is 6.20 Å². The lowest BCUT2D eigenvalue weighted by Crippen LogP contribution is -2.29. The number of hydrogen-bond donors (Lipinski definition) is 1. The fraction of sp³-hybridized carbons (Fsp3) is 0.200. The van der Waals surface area contributed by atoms with Crippen molar-refractivity contribution in [2.75, 3.05) is 11.9 Å². The zero-order valence-corrected chi connectivity index (χ0v) is 18.8. The van der Waals surface area contributed by atoms with E-state index < -0.39 is 0 Å². The predicted molar refractivity (Wildman–Crippen MR) is 127 cm³/mol. The first kappa shape index (κ1) is 21.2. The molecule has 1 amide bonds. The normalized spacial score (nSPS) is 13.3. The van der Waals surface area contributed by atoms with Crippen molar-refractivity contribution < 1.29 is 9.53 Å². The Morgan fingerprint density at radius 2 is 1.91 bits per heavy atom. The highest BCUT2D eigenvalue weighted by atomic mass is 32.1. The summed E-state index contributed by atoms with van der Waals surface area (Å²) in [6.45, 7) is 3.18. The summed E-state index contributed by atoms with van der Waals surface area (Å²) in [7, 11) is 0. The van der Waals surface area contributed by atoms with Gasteiger partial charge in [-0.15, -0.1) is 11.3 Å². The second-order valence-electron chi connectivity index (χ2n) is 7.81. The van der Waals surface area contributed by atoms with Crippen LogP contribution in [0.15, 0.2) is 73.2 Å². The lowest BCUT2D eigenvalue weighted by atomic mass is 10.1. The van der Waals surface area contributed by atoms with Crippen molar-refractivity contribution in [3.8, 4) is 5.75 Å². The second kappa shape index (κ2) is 9.89. The van der Waals surface area contributed by atoms with E-state index in [1.807, 2.05) is 30.3 Å². The molecule has 0 bridgehead atoms. The summed E-state index contributed by atoms with van der Waals surface area (Å²) in [5, 5.41) is 3.45. The number of nitrogens with zero attached hydrogens (tertiary/aromatic N) is 4. The van der Waals surface area contributed by atoms with Gasteiger partial charge in [-0.2, -0.15) is 0 Å². The number of nitrogens with one attached hydrogen (secondary N) is 1. The molecule has 0 saturated heterocycles. The maximum atomic E-state index is 12.3. The van der Waals surface area contributed by atoms with Crippen molar-refractivity contribution in [2.24, 2.45) is 0 Å². The van der Waals surface area contributed by atoms with Crippen LogP contribution in [0.4, 0.5) is 5.13 Å². The van der Waals surface area contributed by atoms with Crippen LogP contribution in [0.25, 0.3) is 0 Å². The molecule has 0 atom stereocenters. The Balaban J connectivity index is 1.15. The van der Waals surface area contributed by atoms with Crippen molar-refractivity contribution in [3.63, 3.8) is 0 Å². The Morgan fingerprint density at radius 1 is 1.06 bits per heavy atom. The molecule has 0 saturated carbocycles. The average Bonchev–Trinajstić information content (AvgIpc) is 3.26. The van der Waals surface area contributed by atoms with Crippen LogP contribution in [0.2, 0.25) is 0 Å². The van der Waals surface area contributed by atoms with Crippen molar-refractivity contribution >= 4 is 22.4 Å². The molecule has 1 aliphatic heterocycles. The van der Waals surface area contributed by atoms with Gasteiger partial charge in [-0.25, -0.2) is 9.97 Å². The highest BCUT2D eigenvalue weighted by Crippen LogP contribution is 2.29. The number of thiazole rings is 1. The SMILES string of the molecule is O=C(Nc1nc2c(s1)CN(Cc1ccc(OCc3ccccc3)cc1)CC2)c1cnccn1. The van der Waals surface area contributed by atoms with Crippen LogP contribution in [0, 0.1) is 0 Å². The van der Waals surface area contributed by atoms with Crippen LogP contribution >= 0.6 is 11.3 Å². The van der Waals surface area contributed by atoms with Crippen LogP contribution in [-0.4, -0.2) is 32.3 Å². The fourth-order valence-electron chi connectivity index (χ4n) is 3.70. The largest absolute Gasteiger partial charge is 0.489 e. The lowest BCUT2D eigenvalue weighted by molar-refractivity contribution is 0.102. The van der Waals surface area contributed by atoms with Gasteiger partial charge < -0.3 is 4.74 Å². The lowest BCUT2D eigenvalue weighted by Gasteiger charge is -2.25. The molecule has 2 aromatic heterocycles. The molecule has 8 heteroatoms. The molecule has 5 rings (SSSR count). The van der Waals surface area contributed by atoms with E-state index in [0.29, 0.717) is 11.7 Å². The van der Waals surface area contributed by atoms with Crippen LogP contribution in [0.5, 0.6) is 5.75 Å². The Kier molecular flexibility index (Phi) is 6.37. The summed E-state index contributed by atoms with van der Waals surface area (Å²) >= 11 is 1.53. The van der Waals surface area contributed by atoms with Gasteiger partial charge in [0.05, 0.1) is 11.9 Å². The van der Waals surface area contributed by atoms with E-state index in [-0.39, 0.29) is 11.6 Å². The number of rotatable bonds is 7. The van der Waals surface area contributed by atoms with E-state index in [9.17, 15) is 4.79 Å². The summed E-state index contributed by atoms with van der Waals surface area (Å²) in [5.74, 6) is 0.579. The van der Waals surface area contributed by atoms with Gasteiger partial charge in [0, 0.05) is 43.3 Å². The molecule has 166 valence electrons. The molecule has 1 N–H and O–H groups in total. The van der Waals surface area contributed by atoms with Crippen molar-refractivity contribution in [3.05, 3.63) is 101 Å². The van der Waals surface area contributed by atoms with E-state index in [1.165, 1.54) is 34.2 Å². The van der Waals surface area contributed by atoms with Gasteiger partial charge in [0.2, 0.25) is 0 Å². The number of carbonyl (C=O) groups excluding carboxylic acids is 1. The molecular formula is C25H23N5O2S. The standard InChI is InChI=1S/C25H23N5O2S/c31-24(22-14-26-11-12-27-22)29-25-28-21-10-13-30(16-23(21)33-25)15-18-6-8-20(9-7-18)32-17-19-4-2-1-3-5-19/h1-9,11-12,14H,10,13,15-17H2,(H,28,29,31). The Morgan fingerprint density at radius 3 is 2.70 bits per heavy atom. The van der Waals surface area contributed by atoms with E-state index in [4.69, 9.17) is 4.74 Å². The Bertz CT molecular complexity index is 1210. The topological polar surface area (TPSA) is 80.2 Å². The minimum Gasteiger partial charge on any atom is -0.489 e. The number of aromatic nitrogens is 3. The van der Waals surface area contributed by atoms with Crippen molar-refractivity contribution in [1.82, 2.24) is 19.9 Å². The molecule has 3 heterocycles.